The lowest BCUT2D eigenvalue weighted by molar-refractivity contribution is 1.08. The van der Waals surface area contributed by atoms with E-state index in [4.69, 9.17) is 4.98 Å². The monoisotopic (exact) mass is 435 g/mol. The highest BCUT2D eigenvalue weighted by Crippen LogP contribution is 2.37. The van der Waals surface area contributed by atoms with Gasteiger partial charge < -0.3 is 4.57 Å². The maximum atomic E-state index is 4.93. The largest absolute Gasteiger partial charge is 0.316 e. The summed E-state index contributed by atoms with van der Waals surface area (Å²) in [6, 6.07) is 40.5. The van der Waals surface area contributed by atoms with E-state index in [1.807, 2.05) is 12.3 Å². The minimum atomic E-state index is 0.922. The van der Waals surface area contributed by atoms with Crippen molar-refractivity contribution < 1.29 is 0 Å². The maximum absolute atomic E-state index is 4.93. The Balaban J connectivity index is 1.51. The zero-order valence-electron chi connectivity index (χ0n) is 18.5. The number of hydrogen-bond donors (Lipinski definition) is 0. The van der Waals surface area contributed by atoms with Crippen molar-refractivity contribution in [2.24, 2.45) is 0 Å². The summed E-state index contributed by atoms with van der Waals surface area (Å²) in [6.45, 7) is 0. The number of hydrogen-bond acceptors (Lipinski definition) is 1. The van der Waals surface area contributed by atoms with Crippen LogP contribution in [0.2, 0.25) is 0 Å². The zero-order valence-corrected chi connectivity index (χ0v) is 18.5. The van der Waals surface area contributed by atoms with Crippen LogP contribution in [0.5, 0.6) is 0 Å². The van der Waals surface area contributed by atoms with Crippen LogP contribution in [0.1, 0.15) is 0 Å². The fourth-order valence-electron chi connectivity index (χ4n) is 5.05. The summed E-state index contributed by atoms with van der Waals surface area (Å²) in [6.07, 6.45) is 4.13. The highest BCUT2D eigenvalue weighted by atomic mass is 15.1. The molecule has 34 heavy (non-hydrogen) atoms. The molecule has 0 aliphatic carbocycles. The fraction of sp³-hybridized carbons (Fsp3) is 0. The predicted molar refractivity (Wildman–Crippen MR) is 141 cm³/mol. The van der Waals surface area contributed by atoms with Gasteiger partial charge >= 0.3 is 0 Å². The van der Waals surface area contributed by atoms with Gasteiger partial charge in [-0.2, -0.15) is 0 Å². The Bertz CT molecular complexity index is 1770. The fourth-order valence-corrected chi connectivity index (χ4v) is 5.05. The number of para-hydroxylation sites is 2. The Morgan fingerprint density at radius 3 is 2.06 bits per heavy atom. The number of rotatable bonds is 3. The molecule has 0 N–H and O–H groups in total. The molecule has 0 aliphatic heterocycles. The van der Waals surface area contributed by atoms with Gasteiger partial charge in [0.25, 0.3) is 0 Å². The molecule has 7 rings (SSSR count). The highest BCUT2D eigenvalue weighted by molar-refractivity contribution is 6.18. The minimum Gasteiger partial charge on any atom is -0.316 e. The molecule has 0 spiro atoms. The number of nitrogens with zero attached hydrogens (tertiary/aromatic N) is 3. The van der Waals surface area contributed by atoms with Crippen LogP contribution < -0.4 is 0 Å². The van der Waals surface area contributed by atoms with Crippen molar-refractivity contribution >= 4 is 32.7 Å². The number of fused-ring (bicyclic) bond motifs is 5. The normalized spacial score (nSPS) is 11.5. The van der Waals surface area contributed by atoms with Gasteiger partial charge in [-0.1, -0.05) is 72.8 Å². The summed E-state index contributed by atoms with van der Waals surface area (Å²) in [5.41, 5.74) is 6.98. The molecule has 7 aromatic rings. The third kappa shape index (κ3) is 2.81. The number of benzene rings is 4. The molecule has 3 aromatic heterocycles. The number of aromatic nitrogens is 3. The van der Waals surface area contributed by atoms with Crippen LogP contribution in [0.3, 0.4) is 0 Å². The summed E-state index contributed by atoms with van der Waals surface area (Å²) in [5, 5.41) is 3.69. The van der Waals surface area contributed by atoms with Crippen LogP contribution in [0.4, 0.5) is 0 Å². The van der Waals surface area contributed by atoms with Crippen LogP contribution >= 0.6 is 0 Å². The Kier molecular flexibility index (Phi) is 4.15. The lowest BCUT2D eigenvalue weighted by atomic mass is 10.1. The molecule has 160 valence electrons. The van der Waals surface area contributed by atoms with Gasteiger partial charge in [0.05, 0.1) is 16.6 Å². The molecular formula is C31H21N3. The van der Waals surface area contributed by atoms with E-state index in [1.165, 1.54) is 32.8 Å². The summed E-state index contributed by atoms with van der Waals surface area (Å²) in [7, 11) is 0. The first-order valence-electron chi connectivity index (χ1n) is 11.5. The van der Waals surface area contributed by atoms with E-state index in [0.717, 1.165) is 22.6 Å². The smallest absolute Gasteiger partial charge is 0.137 e. The predicted octanol–water partition coefficient (Wildman–Crippen LogP) is 7.79. The average Bonchev–Trinajstić information content (AvgIpc) is 3.49. The van der Waals surface area contributed by atoms with Crippen molar-refractivity contribution in [1.29, 1.82) is 0 Å². The minimum absolute atomic E-state index is 0.922. The van der Waals surface area contributed by atoms with Gasteiger partial charge in [0.2, 0.25) is 0 Å². The molecule has 0 saturated carbocycles. The Labute approximate surface area is 197 Å². The molecule has 0 bridgehead atoms. The highest BCUT2D eigenvalue weighted by Gasteiger charge is 2.17. The van der Waals surface area contributed by atoms with E-state index in [1.54, 1.807) is 0 Å². The van der Waals surface area contributed by atoms with Gasteiger partial charge in [0.1, 0.15) is 5.82 Å². The van der Waals surface area contributed by atoms with E-state index < -0.39 is 0 Å². The lowest BCUT2D eigenvalue weighted by Crippen LogP contribution is -1.98. The van der Waals surface area contributed by atoms with Gasteiger partial charge in [-0.25, -0.2) is 4.98 Å². The summed E-state index contributed by atoms with van der Waals surface area (Å²) in [5.74, 6) is 0.922. The first-order valence-corrected chi connectivity index (χ1v) is 11.5. The summed E-state index contributed by atoms with van der Waals surface area (Å²) < 4.78 is 4.56. The summed E-state index contributed by atoms with van der Waals surface area (Å²) >= 11 is 0. The topological polar surface area (TPSA) is 22.8 Å². The third-order valence-electron chi connectivity index (χ3n) is 6.62. The summed E-state index contributed by atoms with van der Waals surface area (Å²) in [4.78, 5) is 4.93. The van der Waals surface area contributed by atoms with Gasteiger partial charge in [-0.05, 0) is 48.0 Å². The van der Waals surface area contributed by atoms with E-state index in [2.05, 4.69) is 125 Å². The van der Waals surface area contributed by atoms with Gasteiger partial charge in [0, 0.05) is 39.8 Å². The zero-order chi connectivity index (χ0) is 22.5. The van der Waals surface area contributed by atoms with Gasteiger partial charge in [-0.15, -0.1) is 0 Å². The van der Waals surface area contributed by atoms with Crippen molar-refractivity contribution in [3.63, 3.8) is 0 Å². The first-order chi connectivity index (χ1) is 16.9. The second-order valence-corrected chi connectivity index (χ2v) is 8.54. The van der Waals surface area contributed by atoms with Crippen LogP contribution in [0.25, 0.3) is 55.3 Å². The first kappa shape index (κ1) is 18.9. The molecule has 3 heteroatoms. The molecular weight excluding hydrogens is 414 g/mol. The molecule has 3 nitrogen and oxygen atoms in total. The van der Waals surface area contributed by atoms with Crippen LogP contribution in [0, 0.1) is 0 Å². The third-order valence-corrected chi connectivity index (χ3v) is 6.62. The van der Waals surface area contributed by atoms with E-state index >= 15 is 0 Å². The molecule has 0 unspecified atom stereocenters. The van der Waals surface area contributed by atoms with E-state index in [-0.39, 0.29) is 0 Å². The van der Waals surface area contributed by atoms with Crippen molar-refractivity contribution in [3.8, 4) is 22.6 Å². The Morgan fingerprint density at radius 2 is 1.26 bits per heavy atom. The average molecular weight is 436 g/mol. The second-order valence-electron chi connectivity index (χ2n) is 8.54. The van der Waals surface area contributed by atoms with Crippen LogP contribution in [0.15, 0.2) is 128 Å². The molecule has 3 heterocycles. The van der Waals surface area contributed by atoms with Gasteiger partial charge in [-0.3, -0.25) is 4.57 Å². The quantitative estimate of drug-likeness (QED) is 0.278. The SMILES string of the molecule is c1ccc(-c2ccc(-n3c4ccccc4c4ccc5c(ccn5-c5ccccc5)c43)nc2)cc1. The number of pyridine rings is 1. The van der Waals surface area contributed by atoms with Crippen molar-refractivity contribution in [2.75, 3.05) is 0 Å². The Morgan fingerprint density at radius 1 is 0.500 bits per heavy atom. The molecule has 0 fully saturated rings. The Hall–Kier alpha value is -4.63. The molecule has 0 atom stereocenters. The maximum Gasteiger partial charge on any atom is 0.137 e. The van der Waals surface area contributed by atoms with Gasteiger partial charge in [0.15, 0.2) is 0 Å². The molecule has 0 amide bonds. The molecule has 0 saturated heterocycles. The lowest BCUT2D eigenvalue weighted by Gasteiger charge is -2.10. The molecule has 0 radical (unpaired) electrons. The van der Waals surface area contributed by atoms with Crippen molar-refractivity contribution in [2.45, 2.75) is 0 Å². The van der Waals surface area contributed by atoms with E-state index in [0.29, 0.717) is 0 Å². The van der Waals surface area contributed by atoms with Crippen molar-refractivity contribution in [1.82, 2.24) is 14.1 Å². The molecule has 4 aromatic carbocycles. The van der Waals surface area contributed by atoms with Crippen molar-refractivity contribution in [3.05, 3.63) is 128 Å². The molecule has 0 aliphatic rings. The van der Waals surface area contributed by atoms with Crippen LogP contribution in [-0.2, 0) is 0 Å². The van der Waals surface area contributed by atoms with E-state index in [9.17, 15) is 0 Å². The standard InChI is InChI=1S/C31H21N3/c1-3-9-22(10-4-1)23-15-18-30(32-21-23)34-29-14-8-7-13-25(29)26-16-17-28-27(31(26)34)19-20-33(28)24-11-5-2-6-12-24/h1-21H. The van der Waals surface area contributed by atoms with Crippen LogP contribution in [-0.4, -0.2) is 14.1 Å². The second kappa shape index (κ2) is 7.46.